The van der Waals surface area contributed by atoms with Crippen LogP contribution in [-0.4, -0.2) is 19.1 Å². The lowest BCUT2D eigenvalue weighted by molar-refractivity contribution is 0.176. The van der Waals surface area contributed by atoms with Gasteiger partial charge in [-0.15, -0.1) is 0 Å². The summed E-state index contributed by atoms with van der Waals surface area (Å²) in [6.45, 7) is 7.62. The van der Waals surface area contributed by atoms with Gasteiger partial charge in [-0.05, 0) is 50.2 Å². The Morgan fingerprint density at radius 2 is 1.84 bits per heavy atom. The molecule has 0 aliphatic heterocycles. The zero-order valence-corrected chi connectivity index (χ0v) is 12.8. The molecule has 0 spiro atoms. The monoisotopic (exact) mass is 260 g/mol. The molecule has 1 saturated carbocycles. The van der Waals surface area contributed by atoms with E-state index < -0.39 is 0 Å². The summed E-state index contributed by atoms with van der Waals surface area (Å²) in [6, 6.07) is 8.81. The minimum atomic E-state index is 0.140. The molecule has 1 fully saturated rings. The topological polar surface area (TPSA) is 29.3 Å². The molecule has 0 saturated heterocycles. The van der Waals surface area contributed by atoms with E-state index >= 15 is 0 Å². The molecule has 0 heterocycles. The van der Waals surface area contributed by atoms with Crippen molar-refractivity contribution in [3.63, 3.8) is 0 Å². The molecule has 0 aromatic heterocycles. The molecule has 1 aromatic carbocycles. The van der Waals surface area contributed by atoms with Crippen LogP contribution in [0.5, 0.6) is 0 Å². The number of nitrogens with zero attached hydrogens (tertiary/aromatic N) is 1. The molecule has 0 amide bonds. The molecule has 0 bridgehead atoms. The Morgan fingerprint density at radius 1 is 1.21 bits per heavy atom. The van der Waals surface area contributed by atoms with E-state index in [-0.39, 0.29) is 5.54 Å². The van der Waals surface area contributed by atoms with Crippen LogP contribution in [0.4, 0.5) is 5.69 Å². The zero-order valence-electron chi connectivity index (χ0n) is 12.8. The van der Waals surface area contributed by atoms with Crippen LogP contribution in [0.25, 0.3) is 0 Å². The summed E-state index contributed by atoms with van der Waals surface area (Å²) < 4.78 is 0. The number of rotatable bonds is 3. The van der Waals surface area contributed by atoms with Crippen LogP contribution in [0.1, 0.15) is 38.7 Å². The van der Waals surface area contributed by atoms with E-state index in [1.807, 2.05) is 0 Å². The Balaban J connectivity index is 2.23. The molecule has 3 atom stereocenters. The van der Waals surface area contributed by atoms with E-state index in [1.54, 1.807) is 0 Å². The minimum absolute atomic E-state index is 0.140. The highest BCUT2D eigenvalue weighted by atomic mass is 15.2. The average Bonchev–Trinajstić information content (AvgIpc) is 2.42. The highest BCUT2D eigenvalue weighted by Gasteiger charge is 2.39. The van der Waals surface area contributed by atoms with Crippen molar-refractivity contribution >= 4 is 5.69 Å². The fourth-order valence-electron chi connectivity index (χ4n) is 3.35. The summed E-state index contributed by atoms with van der Waals surface area (Å²) in [5.41, 5.74) is 8.91. The van der Waals surface area contributed by atoms with E-state index in [4.69, 9.17) is 5.73 Å². The van der Waals surface area contributed by atoms with E-state index in [0.29, 0.717) is 0 Å². The molecular weight excluding hydrogens is 232 g/mol. The van der Waals surface area contributed by atoms with Crippen molar-refractivity contribution in [2.75, 3.05) is 18.5 Å². The second-order valence-corrected chi connectivity index (χ2v) is 6.52. The van der Waals surface area contributed by atoms with Crippen LogP contribution in [0.3, 0.4) is 0 Å². The SMILES string of the molecule is Cc1ccc(N(C)C2(CN)CCC(C)C(C)C2)cc1. The molecule has 1 aliphatic rings. The van der Waals surface area contributed by atoms with Gasteiger partial charge in [0.15, 0.2) is 0 Å². The number of likely N-dealkylation sites (N-methyl/N-ethyl adjacent to an activating group) is 1. The Morgan fingerprint density at radius 3 is 2.37 bits per heavy atom. The summed E-state index contributed by atoms with van der Waals surface area (Å²) in [6.07, 6.45) is 3.70. The summed E-state index contributed by atoms with van der Waals surface area (Å²) in [5, 5.41) is 0. The normalized spacial score (nSPS) is 31.2. The van der Waals surface area contributed by atoms with Crippen molar-refractivity contribution in [2.45, 2.75) is 45.6 Å². The van der Waals surface area contributed by atoms with Crippen LogP contribution >= 0.6 is 0 Å². The Bertz CT molecular complexity index is 412. The summed E-state index contributed by atoms with van der Waals surface area (Å²) in [4.78, 5) is 2.43. The molecule has 1 aliphatic carbocycles. The first-order valence-corrected chi connectivity index (χ1v) is 7.49. The van der Waals surface area contributed by atoms with Crippen LogP contribution < -0.4 is 10.6 Å². The second kappa shape index (κ2) is 5.54. The second-order valence-electron chi connectivity index (χ2n) is 6.52. The lowest BCUT2D eigenvalue weighted by Gasteiger charge is -2.49. The smallest absolute Gasteiger partial charge is 0.0523 e. The van der Waals surface area contributed by atoms with E-state index in [1.165, 1.54) is 30.5 Å². The van der Waals surface area contributed by atoms with Gasteiger partial charge in [-0.25, -0.2) is 0 Å². The summed E-state index contributed by atoms with van der Waals surface area (Å²) in [7, 11) is 2.21. The van der Waals surface area contributed by atoms with Gasteiger partial charge in [0.1, 0.15) is 0 Å². The van der Waals surface area contributed by atoms with E-state index in [2.05, 4.69) is 57.0 Å². The van der Waals surface area contributed by atoms with Gasteiger partial charge in [-0.2, -0.15) is 0 Å². The predicted octanol–water partition coefficient (Wildman–Crippen LogP) is 3.58. The van der Waals surface area contributed by atoms with Crippen molar-refractivity contribution in [1.29, 1.82) is 0 Å². The van der Waals surface area contributed by atoms with Gasteiger partial charge in [0.2, 0.25) is 0 Å². The largest absolute Gasteiger partial charge is 0.368 e. The Labute approximate surface area is 118 Å². The van der Waals surface area contributed by atoms with Crippen LogP contribution in [-0.2, 0) is 0 Å². The molecule has 0 radical (unpaired) electrons. The van der Waals surface area contributed by atoms with Crippen LogP contribution in [0, 0.1) is 18.8 Å². The number of anilines is 1. The van der Waals surface area contributed by atoms with Gasteiger partial charge in [0.25, 0.3) is 0 Å². The number of benzene rings is 1. The predicted molar refractivity (Wildman–Crippen MR) is 83.5 cm³/mol. The van der Waals surface area contributed by atoms with Crippen molar-refractivity contribution in [2.24, 2.45) is 17.6 Å². The highest BCUT2D eigenvalue weighted by Crippen LogP contribution is 2.40. The molecule has 2 rings (SSSR count). The van der Waals surface area contributed by atoms with Gasteiger partial charge < -0.3 is 10.6 Å². The maximum Gasteiger partial charge on any atom is 0.0523 e. The lowest BCUT2D eigenvalue weighted by atomic mass is 9.70. The molecule has 2 heteroatoms. The fourth-order valence-corrected chi connectivity index (χ4v) is 3.35. The average molecular weight is 260 g/mol. The van der Waals surface area contributed by atoms with Crippen LogP contribution in [0.15, 0.2) is 24.3 Å². The highest BCUT2D eigenvalue weighted by molar-refractivity contribution is 5.49. The van der Waals surface area contributed by atoms with Gasteiger partial charge >= 0.3 is 0 Å². The number of hydrogen-bond donors (Lipinski definition) is 1. The molecule has 1 aromatic rings. The third kappa shape index (κ3) is 2.79. The summed E-state index contributed by atoms with van der Waals surface area (Å²) >= 11 is 0. The molecule has 2 N–H and O–H groups in total. The van der Waals surface area contributed by atoms with Gasteiger partial charge in [-0.1, -0.05) is 31.5 Å². The molecule has 2 nitrogen and oxygen atoms in total. The number of aryl methyl sites for hydroxylation is 1. The first-order valence-electron chi connectivity index (χ1n) is 7.49. The van der Waals surface area contributed by atoms with Gasteiger partial charge in [0.05, 0.1) is 5.54 Å². The van der Waals surface area contributed by atoms with E-state index in [0.717, 1.165) is 18.4 Å². The lowest BCUT2D eigenvalue weighted by Crippen LogP contribution is -2.56. The van der Waals surface area contributed by atoms with Gasteiger partial charge in [0, 0.05) is 19.3 Å². The molecular formula is C17H28N2. The summed E-state index contributed by atoms with van der Waals surface area (Å²) in [5.74, 6) is 1.58. The standard InChI is InChI=1S/C17H28N2/c1-13-5-7-16(8-6-13)19(4)17(12-18)10-9-14(2)15(3)11-17/h5-8,14-15H,9-12,18H2,1-4H3. The maximum atomic E-state index is 6.17. The van der Waals surface area contributed by atoms with Crippen molar-refractivity contribution < 1.29 is 0 Å². The quantitative estimate of drug-likeness (QED) is 0.900. The molecule has 106 valence electrons. The van der Waals surface area contributed by atoms with E-state index in [9.17, 15) is 0 Å². The Kier molecular flexibility index (Phi) is 4.19. The molecule has 19 heavy (non-hydrogen) atoms. The Hall–Kier alpha value is -1.02. The fraction of sp³-hybridized carbons (Fsp3) is 0.647. The van der Waals surface area contributed by atoms with Gasteiger partial charge in [-0.3, -0.25) is 0 Å². The van der Waals surface area contributed by atoms with Crippen molar-refractivity contribution in [1.82, 2.24) is 0 Å². The first-order chi connectivity index (χ1) is 8.98. The third-order valence-corrected chi connectivity index (χ3v) is 5.25. The number of nitrogens with two attached hydrogens (primary N) is 1. The first kappa shape index (κ1) is 14.4. The maximum absolute atomic E-state index is 6.17. The number of hydrogen-bond acceptors (Lipinski definition) is 2. The third-order valence-electron chi connectivity index (χ3n) is 5.25. The van der Waals surface area contributed by atoms with Crippen LogP contribution in [0.2, 0.25) is 0 Å². The van der Waals surface area contributed by atoms with Crippen molar-refractivity contribution in [3.8, 4) is 0 Å². The molecule has 3 unspecified atom stereocenters. The zero-order chi connectivity index (χ0) is 14.0. The van der Waals surface area contributed by atoms with Crippen molar-refractivity contribution in [3.05, 3.63) is 29.8 Å². The minimum Gasteiger partial charge on any atom is -0.368 e.